The van der Waals surface area contributed by atoms with Gasteiger partial charge in [0.25, 0.3) is 5.91 Å². The molecule has 120 valence electrons. The Kier molecular flexibility index (Phi) is 5.26. The minimum absolute atomic E-state index is 0.0620. The number of hydrogen-bond acceptors (Lipinski definition) is 7. The molecule has 0 saturated heterocycles. The van der Waals surface area contributed by atoms with E-state index in [0.29, 0.717) is 17.1 Å². The highest BCUT2D eigenvalue weighted by atomic mass is 35.5. The smallest absolute Gasteiger partial charge is 0.354 e. The lowest BCUT2D eigenvalue weighted by Crippen LogP contribution is -2.30. The molecule has 3 N–H and O–H groups in total. The Bertz CT molecular complexity index is 739. The minimum Gasteiger partial charge on any atom is -0.364 e. The van der Waals surface area contributed by atoms with Crippen LogP contribution in [-0.4, -0.2) is 27.3 Å². The molecule has 0 bridgehead atoms. The zero-order chi connectivity index (χ0) is 16.8. The fourth-order valence-electron chi connectivity index (χ4n) is 1.76. The van der Waals surface area contributed by atoms with Crippen LogP contribution in [0.3, 0.4) is 0 Å². The first-order chi connectivity index (χ1) is 11.0. The maximum absolute atomic E-state index is 12.0. The first-order valence-corrected chi connectivity index (χ1v) is 6.96. The maximum atomic E-state index is 12.0. The van der Waals surface area contributed by atoms with Gasteiger partial charge in [0.05, 0.1) is 4.92 Å². The summed E-state index contributed by atoms with van der Waals surface area (Å²) in [5, 5.41) is 14.4. The molecule has 2 aromatic rings. The number of benzene rings is 1. The van der Waals surface area contributed by atoms with Crippen LogP contribution in [0.1, 0.15) is 17.3 Å². The fraction of sp³-hybridized carbons (Fsp3) is 0.154. The Morgan fingerprint density at radius 1 is 1.35 bits per heavy atom. The second-order valence-corrected chi connectivity index (χ2v) is 4.73. The number of nitro groups is 1. The average Bonchev–Trinajstić information content (AvgIpc) is 2.52. The molecule has 0 aliphatic carbocycles. The van der Waals surface area contributed by atoms with Gasteiger partial charge in [-0.2, -0.15) is 0 Å². The van der Waals surface area contributed by atoms with Crippen molar-refractivity contribution >= 4 is 34.8 Å². The molecule has 0 aliphatic rings. The minimum atomic E-state index is -0.633. The molecule has 0 spiro atoms. The topological polar surface area (TPSA) is 122 Å². The Morgan fingerprint density at radius 2 is 2.09 bits per heavy atom. The number of halogens is 1. The number of hydrazine groups is 1. The summed E-state index contributed by atoms with van der Waals surface area (Å²) in [6, 6.07) is 6.27. The second kappa shape index (κ2) is 7.36. The second-order valence-electron chi connectivity index (χ2n) is 4.30. The van der Waals surface area contributed by atoms with Crippen LogP contribution in [0.15, 0.2) is 30.6 Å². The van der Waals surface area contributed by atoms with E-state index < -0.39 is 10.8 Å². The molecule has 0 saturated carbocycles. The van der Waals surface area contributed by atoms with Crippen molar-refractivity contribution in [1.29, 1.82) is 0 Å². The lowest BCUT2D eigenvalue weighted by atomic mass is 10.2. The Balaban J connectivity index is 2.18. The number of anilines is 2. The zero-order valence-electron chi connectivity index (χ0n) is 12.0. The predicted molar refractivity (Wildman–Crippen MR) is 85.4 cm³/mol. The molecule has 9 nitrogen and oxygen atoms in total. The van der Waals surface area contributed by atoms with Crippen LogP contribution in [-0.2, 0) is 0 Å². The highest BCUT2D eigenvalue weighted by molar-refractivity contribution is 6.30. The van der Waals surface area contributed by atoms with E-state index in [0.717, 1.165) is 6.33 Å². The van der Waals surface area contributed by atoms with Crippen molar-refractivity contribution in [2.24, 2.45) is 0 Å². The molecule has 23 heavy (non-hydrogen) atoms. The number of carbonyl (C=O) groups excluding carboxylic acids is 1. The van der Waals surface area contributed by atoms with Crippen molar-refractivity contribution in [3.63, 3.8) is 0 Å². The van der Waals surface area contributed by atoms with Crippen LogP contribution in [0, 0.1) is 10.1 Å². The predicted octanol–water partition coefficient (Wildman–Crippen LogP) is 2.23. The Morgan fingerprint density at radius 3 is 2.74 bits per heavy atom. The van der Waals surface area contributed by atoms with Crippen molar-refractivity contribution in [2.45, 2.75) is 6.92 Å². The molecule has 1 amide bonds. The maximum Gasteiger partial charge on any atom is 0.354 e. The lowest BCUT2D eigenvalue weighted by molar-refractivity contribution is -0.383. The summed E-state index contributed by atoms with van der Waals surface area (Å²) in [5.41, 5.74) is 4.71. The third kappa shape index (κ3) is 4.04. The van der Waals surface area contributed by atoms with E-state index in [4.69, 9.17) is 11.6 Å². The van der Waals surface area contributed by atoms with Gasteiger partial charge in [-0.25, -0.2) is 9.97 Å². The van der Waals surface area contributed by atoms with Crippen molar-refractivity contribution in [3.8, 4) is 0 Å². The van der Waals surface area contributed by atoms with Crippen molar-refractivity contribution in [1.82, 2.24) is 15.4 Å². The fourth-order valence-corrected chi connectivity index (χ4v) is 1.95. The molecule has 0 radical (unpaired) electrons. The Hall–Kier alpha value is -2.94. The van der Waals surface area contributed by atoms with Gasteiger partial charge in [0.15, 0.2) is 0 Å². The molecule has 1 aromatic carbocycles. The number of rotatable bonds is 6. The van der Waals surface area contributed by atoms with Crippen LogP contribution in [0.25, 0.3) is 0 Å². The van der Waals surface area contributed by atoms with Crippen LogP contribution in [0.4, 0.5) is 17.3 Å². The molecular formula is C13H13ClN6O3. The normalized spacial score (nSPS) is 10.0. The summed E-state index contributed by atoms with van der Waals surface area (Å²) in [7, 11) is 0. The van der Waals surface area contributed by atoms with Crippen molar-refractivity contribution in [3.05, 3.63) is 51.3 Å². The number of amides is 1. The first-order valence-electron chi connectivity index (χ1n) is 6.58. The monoisotopic (exact) mass is 336 g/mol. The largest absolute Gasteiger partial charge is 0.364 e. The van der Waals surface area contributed by atoms with E-state index in [2.05, 4.69) is 26.1 Å². The first kappa shape index (κ1) is 16.4. The molecule has 10 heteroatoms. The molecule has 2 rings (SSSR count). The zero-order valence-corrected chi connectivity index (χ0v) is 12.8. The van der Waals surface area contributed by atoms with Gasteiger partial charge in [0.2, 0.25) is 11.6 Å². The molecular weight excluding hydrogens is 324 g/mol. The number of hydrogen-bond donors (Lipinski definition) is 3. The van der Waals surface area contributed by atoms with Crippen molar-refractivity contribution < 1.29 is 9.72 Å². The van der Waals surface area contributed by atoms with E-state index in [1.54, 1.807) is 25.1 Å². The molecule has 0 aliphatic heterocycles. The number of nitrogens with zero attached hydrogens (tertiary/aromatic N) is 3. The van der Waals surface area contributed by atoms with Gasteiger partial charge in [-0.1, -0.05) is 17.7 Å². The molecule has 1 heterocycles. The third-order valence-electron chi connectivity index (χ3n) is 2.73. The summed E-state index contributed by atoms with van der Waals surface area (Å²) >= 11 is 5.81. The van der Waals surface area contributed by atoms with Crippen molar-refractivity contribution in [2.75, 3.05) is 17.3 Å². The van der Waals surface area contributed by atoms with Gasteiger partial charge in [0.1, 0.15) is 6.33 Å². The quantitative estimate of drug-likeness (QED) is 0.546. The molecule has 1 aromatic heterocycles. The van der Waals surface area contributed by atoms with Crippen LogP contribution in [0.2, 0.25) is 5.02 Å². The van der Waals surface area contributed by atoms with Crippen LogP contribution >= 0.6 is 11.6 Å². The van der Waals surface area contributed by atoms with Gasteiger partial charge >= 0.3 is 5.69 Å². The van der Waals surface area contributed by atoms with E-state index in [-0.39, 0.29) is 17.3 Å². The Labute approximate surface area is 136 Å². The summed E-state index contributed by atoms with van der Waals surface area (Å²) in [4.78, 5) is 30.2. The highest BCUT2D eigenvalue weighted by Crippen LogP contribution is 2.28. The average molecular weight is 337 g/mol. The SMILES string of the molecule is CCNc1ncnc(NNC(=O)c2cccc(Cl)c2)c1[N+](=O)[O-]. The van der Waals surface area contributed by atoms with Gasteiger partial charge in [-0.3, -0.25) is 25.8 Å². The van der Waals surface area contributed by atoms with E-state index >= 15 is 0 Å². The molecule has 0 atom stereocenters. The molecule has 0 fully saturated rings. The van der Waals surface area contributed by atoms with Gasteiger partial charge in [-0.05, 0) is 25.1 Å². The van der Waals surface area contributed by atoms with E-state index in [1.165, 1.54) is 6.07 Å². The van der Waals surface area contributed by atoms with E-state index in [9.17, 15) is 14.9 Å². The van der Waals surface area contributed by atoms with Gasteiger partial charge in [0, 0.05) is 17.1 Å². The van der Waals surface area contributed by atoms with Crippen LogP contribution in [0.5, 0.6) is 0 Å². The number of aromatic nitrogens is 2. The van der Waals surface area contributed by atoms with Crippen LogP contribution < -0.4 is 16.2 Å². The van der Waals surface area contributed by atoms with Gasteiger partial charge in [-0.15, -0.1) is 0 Å². The molecule has 0 unspecified atom stereocenters. The summed E-state index contributed by atoms with van der Waals surface area (Å²) in [6.07, 6.45) is 1.15. The summed E-state index contributed by atoms with van der Waals surface area (Å²) < 4.78 is 0. The summed E-state index contributed by atoms with van der Waals surface area (Å²) in [6.45, 7) is 2.23. The third-order valence-corrected chi connectivity index (χ3v) is 2.97. The number of nitrogens with one attached hydrogen (secondary N) is 3. The highest BCUT2D eigenvalue weighted by Gasteiger charge is 2.23. The van der Waals surface area contributed by atoms with E-state index in [1.807, 2.05) is 0 Å². The summed E-state index contributed by atoms with van der Waals surface area (Å²) in [5.74, 6) is -0.575. The standard InChI is InChI=1S/C13H13ClN6O3/c1-2-15-11-10(20(22)23)12(17-7-16-11)18-19-13(21)8-4-3-5-9(14)6-8/h3-7H,2H2,1H3,(H,19,21)(H2,15,16,17,18). The lowest BCUT2D eigenvalue weighted by Gasteiger charge is -2.10. The van der Waals surface area contributed by atoms with Gasteiger partial charge < -0.3 is 5.32 Å². The number of carbonyl (C=O) groups is 1.